The predicted octanol–water partition coefficient (Wildman–Crippen LogP) is 10.2. The van der Waals surface area contributed by atoms with Crippen molar-refractivity contribution in [2.45, 2.75) is 0 Å². The lowest BCUT2D eigenvalue weighted by atomic mass is 10.0. The summed E-state index contributed by atoms with van der Waals surface area (Å²) in [6.07, 6.45) is 1.39. The molecular formula is C29H15Br4Cl2N3O3. The highest BCUT2D eigenvalue weighted by atomic mass is 79.9. The molecule has 1 aromatic heterocycles. The smallest absolute Gasteiger partial charge is 0.343 e. The standard InChI is InChI=1S/C29H15Br4Cl2N3O3/c30-16-7-5-14(6-8-16)29(40)41-27-15(9-17(31)11-21(27)33)13-36-38-28(39)26-24(19-3-1-2-4-22(19)34)20-10-18(32)12-23(35)25(20)37-26/h1-13,37H,(H,38,39). The zero-order valence-corrected chi connectivity index (χ0v) is 28.3. The number of H-pyrrole nitrogens is 1. The summed E-state index contributed by atoms with van der Waals surface area (Å²) in [7, 11) is 0. The summed E-state index contributed by atoms with van der Waals surface area (Å²) in [6.45, 7) is 0. The van der Waals surface area contributed by atoms with E-state index in [2.05, 4.69) is 79.2 Å². The lowest BCUT2D eigenvalue weighted by Gasteiger charge is -2.11. The Morgan fingerprint density at radius 3 is 2.29 bits per heavy atom. The van der Waals surface area contributed by atoms with Crippen molar-refractivity contribution >= 4 is 116 Å². The van der Waals surface area contributed by atoms with Crippen molar-refractivity contribution in [2.75, 3.05) is 0 Å². The van der Waals surface area contributed by atoms with Crippen LogP contribution in [0, 0.1) is 0 Å². The van der Waals surface area contributed by atoms with Crippen molar-refractivity contribution in [3.8, 4) is 16.9 Å². The number of amides is 1. The number of esters is 1. The van der Waals surface area contributed by atoms with Crippen molar-refractivity contribution in [1.82, 2.24) is 10.4 Å². The Morgan fingerprint density at radius 1 is 0.854 bits per heavy atom. The fourth-order valence-corrected chi connectivity index (χ4v) is 6.76. The number of hydrogen-bond donors (Lipinski definition) is 2. The van der Waals surface area contributed by atoms with Crippen LogP contribution in [0.15, 0.2) is 95.8 Å². The Kier molecular flexibility index (Phi) is 9.37. The first kappa shape index (κ1) is 30.0. The fourth-order valence-electron chi connectivity index (χ4n) is 4.07. The van der Waals surface area contributed by atoms with Crippen LogP contribution in [0.3, 0.4) is 0 Å². The second-order valence-electron chi connectivity index (χ2n) is 8.57. The summed E-state index contributed by atoms with van der Waals surface area (Å²) in [5.74, 6) is -0.843. The zero-order valence-electron chi connectivity index (χ0n) is 20.4. The van der Waals surface area contributed by atoms with Gasteiger partial charge < -0.3 is 9.72 Å². The van der Waals surface area contributed by atoms with E-state index in [-0.39, 0.29) is 11.4 Å². The number of hydrazone groups is 1. The normalized spacial score (nSPS) is 11.3. The molecule has 0 atom stereocenters. The maximum atomic E-state index is 13.5. The highest BCUT2D eigenvalue weighted by Gasteiger charge is 2.23. The fraction of sp³-hybridized carbons (Fsp3) is 0. The number of nitrogens with zero attached hydrogens (tertiary/aromatic N) is 1. The van der Waals surface area contributed by atoms with Gasteiger partial charge in [0.15, 0.2) is 5.75 Å². The minimum atomic E-state index is -0.551. The minimum Gasteiger partial charge on any atom is -0.421 e. The molecule has 6 nitrogen and oxygen atoms in total. The van der Waals surface area contributed by atoms with Gasteiger partial charge in [0.2, 0.25) is 0 Å². The first-order chi connectivity index (χ1) is 19.6. The van der Waals surface area contributed by atoms with E-state index >= 15 is 0 Å². The van der Waals surface area contributed by atoms with E-state index in [1.54, 1.807) is 48.5 Å². The van der Waals surface area contributed by atoms with E-state index in [1.807, 2.05) is 24.3 Å². The van der Waals surface area contributed by atoms with E-state index in [1.165, 1.54) is 6.21 Å². The highest BCUT2D eigenvalue weighted by Crippen LogP contribution is 2.40. The van der Waals surface area contributed by atoms with Crippen LogP contribution < -0.4 is 10.2 Å². The van der Waals surface area contributed by atoms with E-state index in [9.17, 15) is 9.59 Å². The summed E-state index contributed by atoms with van der Waals surface area (Å²) in [5, 5.41) is 5.78. The van der Waals surface area contributed by atoms with Gasteiger partial charge in [-0.05, 0) is 70.5 Å². The third-order valence-electron chi connectivity index (χ3n) is 5.88. The van der Waals surface area contributed by atoms with Crippen molar-refractivity contribution in [2.24, 2.45) is 5.10 Å². The molecule has 0 aliphatic carbocycles. The number of carbonyl (C=O) groups excluding carboxylic acids is 2. The number of aromatic amines is 1. The zero-order chi connectivity index (χ0) is 29.3. The van der Waals surface area contributed by atoms with Gasteiger partial charge in [-0.15, -0.1) is 0 Å². The van der Waals surface area contributed by atoms with Gasteiger partial charge in [0.1, 0.15) is 5.69 Å². The topological polar surface area (TPSA) is 83.5 Å². The molecule has 0 aliphatic rings. The minimum absolute atomic E-state index is 0.225. The number of halogens is 6. The van der Waals surface area contributed by atoms with Crippen LogP contribution >= 0.6 is 86.9 Å². The third kappa shape index (κ3) is 6.63. The van der Waals surface area contributed by atoms with Crippen molar-refractivity contribution < 1.29 is 14.3 Å². The van der Waals surface area contributed by atoms with E-state index < -0.39 is 11.9 Å². The molecule has 0 bridgehead atoms. The molecule has 5 aromatic rings. The maximum absolute atomic E-state index is 13.5. The van der Waals surface area contributed by atoms with E-state index in [4.69, 9.17) is 27.9 Å². The van der Waals surface area contributed by atoms with E-state index in [0.717, 1.165) is 8.95 Å². The monoisotopic (exact) mass is 839 g/mol. The molecule has 2 N–H and O–H groups in total. The van der Waals surface area contributed by atoms with Gasteiger partial charge in [-0.3, -0.25) is 4.79 Å². The summed E-state index contributed by atoms with van der Waals surface area (Å²) < 4.78 is 8.50. The molecule has 41 heavy (non-hydrogen) atoms. The SMILES string of the molecule is O=C(Oc1c(Br)cc(Br)cc1C=NNC(=O)c1[nH]c2c(Cl)cc(Br)cc2c1-c1ccccc1Cl)c1ccc(Br)cc1. The largest absolute Gasteiger partial charge is 0.421 e. The molecule has 0 saturated heterocycles. The number of fused-ring (bicyclic) bond motifs is 1. The molecular weight excluding hydrogens is 829 g/mol. The molecule has 0 spiro atoms. The van der Waals surface area contributed by atoms with Gasteiger partial charge in [-0.25, -0.2) is 10.2 Å². The number of benzene rings is 4. The van der Waals surface area contributed by atoms with Crippen LogP contribution in [0.4, 0.5) is 0 Å². The first-order valence-electron chi connectivity index (χ1n) is 11.7. The average Bonchev–Trinajstić information content (AvgIpc) is 3.30. The Balaban J connectivity index is 1.47. The summed E-state index contributed by atoms with van der Waals surface area (Å²) >= 11 is 26.7. The van der Waals surface area contributed by atoms with Crippen LogP contribution in [-0.2, 0) is 0 Å². The molecule has 1 heterocycles. The van der Waals surface area contributed by atoms with Crippen LogP contribution in [0.25, 0.3) is 22.0 Å². The predicted molar refractivity (Wildman–Crippen MR) is 177 cm³/mol. The summed E-state index contributed by atoms with van der Waals surface area (Å²) in [4.78, 5) is 29.4. The lowest BCUT2D eigenvalue weighted by Crippen LogP contribution is -2.19. The number of hydrogen-bond acceptors (Lipinski definition) is 4. The molecule has 0 aliphatic heterocycles. The second kappa shape index (κ2) is 12.8. The van der Waals surface area contributed by atoms with Crippen LogP contribution in [-0.4, -0.2) is 23.1 Å². The number of aromatic nitrogens is 1. The highest BCUT2D eigenvalue weighted by molar-refractivity contribution is 9.11. The molecule has 12 heteroatoms. The van der Waals surface area contributed by atoms with Gasteiger partial charge >= 0.3 is 5.97 Å². The molecule has 4 aromatic carbocycles. The number of carbonyl (C=O) groups is 2. The molecule has 0 fully saturated rings. The van der Waals surface area contributed by atoms with E-state index in [0.29, 0.717) is 52.1 Å². The average molecular weight is 844 g/mol. The van der Waals surface area contributed by atoms with Gasteiger partial charge in [-0.1, -0.05) is 89.2 Å². The van der Waals surface area contributed by atoms with Gasteiger partial charge in [0, 0.05) is 40.5 Å². The maximum Gasteiger partial charge on any atom is 0.343 e. The van der Waals surface area contributed by atoms with Crippen molar-refractivity contribution in [3.05, 3.63) is 118 Å². The molecule has 0 saturated carbocycles. The van der Waals surface area contributed by atoms with Crippen LogP contribution in [0.1, 0.15) is 26.4 Å². The summed E-state index contributed by atoms with van der Waals surface area (Å²) in [6, 6.07) is 21.1. The molecule has 0 radical (unpaired) electrons. The number of ether oxygens (including phenoxy) is 1. The van der Waals surface area contributed by atoms with Gasteiger partial charge in [-0.2, -0.15) is 5.10 Å². The molecule has 0 unspecified atom stereocenters. The Bertz CT molecular complexity index is 1860. The third-order valence-corrected chi connectivity index (χ3v) is 8.54. The van der Waals surface area contributed by atoms with Crippen molar-refractivity contribution in [3.63, 3.8) is 0 Å². The number of nitrogens with one attached hydrogen (secondary N) is 2. The molecule has 5 rings (SSSR count). The second-order valence-corrected chi connectivity index (χ2v) is 13.0. The quantitative estimate of drug-likeness (QED) is 0.0773. The van der Waals surface area contributed by atoms with Crippen LogP contribution in [0.5, 0.6) is 5.75 Å². The van der Waals surface area contributed by atoms with Gasteiger partial charge in [0.25, 0.3) is 5.91 Å². The number of rotatable bonds is 6. The Hall–Kier alpha value is -2.47. The molecule has 206 valence electrons. The van der Waals surface area contributed by atoms with Gasteiger partial charge in [0.05, 0.1) is 26.8 Å². The Labute approximate surface area is 278 Å². The van der Waals surface area contributed by atoms with Crippen LogP contribution in [0.2, 0.25) is 10.0 Å². The lowest BCUT2D eigenvalue weighted by molar-refractivity contribution is 0.0733. The first-order valence-corrected chi connectivity index (χ1v) is 15.6. The Morgan fingerprint density at radius 2 is 1.56 bits per heavy atom. The van der Waals surface area contributed by atoms with Crippen molar-refractivity contribution in [1.29, 1.82) is 0 Å². The molecule has 1 amide bonds. The summed E-state index contributed by atoms with van der Waals surface area (Å²) in [5.41, 5.74) is 5.40.